The number of phenolic OH excluding ortho intramolecular Hbond substituents is 1. The molecule has 1 atom stereocenters. The van der Waals surface area contributed by atoms with Crippen LogP contribution in [0.4, 0.5) is 0 Å². The van der Waals surface area contributed by atoms with Crippen LogP contribution in [0.15, 0.2) is 42.7 Å². The molecule has 1 aliphatic carbocycles. The lowest BCUT2D eigenvalue weighted by Crippen LogP contribution is -2.16. The highest BCUT2D eigenvalue weighted by Gasteiger charge is 2.19. The summed E-state index contributed by atoms with van der Waals surface area (Å²) < 4.78 is 0. The molecule has 1 aromatic heterocycles. The van der Waals surface area contributed by atoms with Gasteiger partial charge in [0.15, 0.2) is 0 Å². The van der Waals surface area contributed by atoms with Crippen LogP contribution >= 0.6 is 0 Å². The lowest BCUT2D eigenvalue weighted by atomic mass is 9.81. The maximum atomic E-state index is 9.56. The zero-order chi connectivity index (χ0) is 12.4. The summed E-state index contributed by atoms with van der Waals surface area (Å²) in [5.41, 5.74) is 4.08. The van der Waals surface area contributed by atoms with E-state index in [-0.39, 0.29) is 0 Å². The van der Waals surface area contributed by atoms with Crippen molar-refractivity contribution in [3.63, 3.8) is 0 Å². The third-order valence-electron chi connectivity index (χ3n) is 3.79. The summed E-state index contributed by atoms with van der Waals surface area (Å²) in [5, 5.41) is 9.56. The van der Waals surface area contributed by atoms with Crippen LogP contribution in [0.2, 0.25) is 0 Å². The maximum absolute atomic E-state index is 9.56. The molecule has 0 spiro atoms. The van der Waals surface area contributed by atoms with Gasteiger partial charge in [-0.1, -0.05) is 6.07 Å². The van der Waals surface area contributed by atoms with Gasteiger partial charge in [0.05, 0.1) is 0 Å². The number of aryl methyl sites for hydroxylation is 1. The SMILES string of the molecule is Oc1ccc2c(c1)C[C@@H](Cc1ccncc1)CC2. The fourth-order valence-corrected chi connectivity index (χ4v) is 2.85. The first-order chi connectivity index (χ1) is 8.81. The van der Waals surface area contributed by atoms with E-state index in [1.54, 1.807) is 6.07 Å². The molecule has 1 heterocycles. The van der Waals surface area contributed by atoms with Gasteiger partial charge in [-0.25, -0.2) is 0 Å². The molecule has 3 rings (SSSR count). The van der Waals surface area contributed by atoms with Crippen LogP contribution in [-0.4, -0.2) is 10.1 Å². The van der Waals surface area contributed by atoms with Crippen molar-refractivity contribution in [2.45, 2.75) is 25.7 Å². The van der Waals surface area contributed by atoms with Crippen LogP contribution in [0.1, 0.15) is 23.1 Å². The Labute approximate surface area is 107 Å². The predicted molar refractivity (Wildman–Crippen MR) is 71.6 cm³/mol. The Morgan fingerprint density at radius 1 is 1.11 bits per heavy atom. The number of pyridine rings is 1. The topological polar surface area (TPSA) is 33.1 Å². The van der Waals surface area contributed by atoms with Crippen molar-refractivity contribution in [2.75, 3.05) is 0 Å². The highest BCUT2D eigenvalue weighted by Crippen LogP contribution is 2.29. The quantitative estimate of drug-likeness (QED) is 0.873. The lowest BCUT2D eigenvalue weighted by molar-refractivity contribution is 0.446. The standard InChI is InChI=1S/C16H17NO/c18-16-4-3-14-2-1-13(10-15(14)11-16)9-12-5-7-17-8-6-12/h3-8,11,13,18H,1-2,9-10H2/t13-/m1/s1. The molecule has 0 saturated heterocycles. The molecule has 2 heteroatoms. The Kier molecular flexibility index (Phi) is 3.01. The van der Waals surface area contributed by atoms with Gasteiger partial charge in [-0.2, -0.15) is 0 Å². The Hall–Kier alpha value is -1.83. The van der Waals surface area contributed by atoms with Gasteiger partial charge in [0.1, 0.15) is 5.75 Å². The minimum absolute atomic E-state index is 0.387. The van der Waals surface area contributed by atoms with E-state index in [0.717, 1.165) is 19.3 Å². The Morgan fingerprint density at radius 3 is 2.78 bits per heavy atom. The molecule has 0 saturated carbocycles. The summed E-state index contributed by atoms with van der Waals surface area (Å²) in [6.45, 7) is 0. The fraction of sp³-hybridized carbons (Fsp3) is 0.312. The second-order valence-electron chi connectivity index (χ2n) is 5.12. The smallest absolute Gasteiger partial charge is 0.115 e. The van der Waals surface area contributed by atoms with Crippen LogP contribution in [0.3, 0.4) is 0 Å². The minimum atomic E-state index is 0.387. The van der Waals surface area contributed by atoms with E-state index in [0.29, 0.717) is 11.7 Å². The summed E-state index contributed by atoms with van der Waals surface area (Å²) >= 11 is 0. The van der Waals surface area contributed by atoms with Crippen LogP contribution in [0.25, 0.3) is 0 Å². The van der Waals surface area contributed by atoms with Crippen molar-refractivity contribution in [1.29, 1.82) is 0 Å². The molecule has 1 N–H and O–H groups in total. The number of phenols is 1. The summed E-state index contributed by atoms with van der Waals surface area (Å²) in [4.78, 5) is 4.05. The van der Waals surface area contributed by atoms with Crippen molar-refractivity contribution in [2.24, 2.45) is 5.92 Å². The summed E-state index contributed by atoms with van der Waals surface area (Å²) in [7, 11) is 0. The summed E-state index contributed by atoms with van der Waals surface area (Å²) in [5.74, 6) is 1.07. The van der Waals surface area contributed by atoms with Crippen LogP contribution in [0, 0.1) is 5.92 Å². The average molecular weight is 239 g/mol. The predicted octanol–water partition coefficient (Wildman–Crippen LogP) is 3.13. The van der Waals surface area contributed by atoms with E-state index in [2.05, 4.69) is 23.2 Å². The van der Waals surface area contributed by atoms with Crippen molar-refractivity contribution < 1.29 is 5.11 Å². The van der Waals surface area contributed by atoms with Crippen molar-refractivity contribution in [3.8, 4) is 5.75 Å². The van der Waals surface area contributed by atoms with Crippen LogP contribution in [-0.2, 0) is 19.3 Å². The van der Waals surface area contributed by atoms with Gasteiger partial charge in [0.2, 0.25) is 0 Å². The molecule has 0 bridgehead atoms. The number of aromatic hydroxyl groups is 1. The van der Waals surface area contributed by atoms with Crippen molar-refractivity contribution >= 4 is 0 Å². The first-order valence-corrected chi connectivity index (χ1v) is 6.51. The third kappa shape index (κ3) is 2.37. The molecule has 1 aliphatic rings. The number of hydrogen-bond donors (Lipinski definition) is 1. The molecule has 0 amide bonds. The van der Waals surface area contributed by atoms with Crippen molar-refractivity contribution in [1.82, 2.24) is 4.98 Å². The van der Waals surface area contributed by atoms with E-state index >= 15 is 0 Å². The largest absolute Gasteiger partial charge is 0.508 e. The molecule has 92 valence electrons. The zero-order valence-electron chi connectivity index (χ0n) is 10.3. The summed E-state index contributed by atoms with van der Waals surface area (Å²) in [6, 6.07) is 9.97. The van der Waals surface area contributed by atoms with Crippen LogP contribution in [0.5, 0.6) is 5.75 Å². The van der Waals surface area contributed by atoms with E-state index < -0.39 is 0 Å². The minimum Gasteiger partial charge on any atom is -0.508 e. The molecular weight excluding hydrogens is 222 g/mol. The highest BCUT2D eigenvalue weighted by atomic mass is 16.3. The lowest BCUT2D eigenvalue weighted by Gasteiger charge is -2.24. The highest BCUT2D eigenvalue weighted by molar-refractivity contribution is 5.36. The molecule has 0 fully saturated rings. The van der Waals surface area contributed by atoms with Gasteiger partial charge < -0.3 is 5.11 Å². The summed E-state index contributed by atoms with van der Waals surface area (Å²) in [6.07, 6.45) is 8.27. The van der Waals surface area contributed by atoms with Crippen molar-refractivity contribution in [3.05, 3.63) is 59.4 Å². The molecule has 0 radical (unpaired) electrons. The second kappa shape index (κ2) is 4.81. The first kappa shape index (κ1) is 11.3. The Balaban J connectivity index is 1.75. The molecule has 2 nitrogen and oxygen atoms in total. The first-order valence-electron chi connectivity index (χ1n) is 6.51. The molecule has 18 heavy (non-hydrogen) atoms. The number of aromatic nitrogens is 1. The van der Waals surface area contributed by atoms with Gasteiger partial charge in [0.25, 0.3) is 0 Å². The van der Waals surface area contributed by atoms with E-state index in [1.807, 2.05) is 18.5 Å². The molecular formula is C16H17NO. The van der Waals surface area contributed by atoms with Gasteiger partial charge >= 0.3 is 0 Å². The molecule has 0 aliphatic heterocycles. The Morgan fingerprint density at radius 2 is 1.94 bits per heavy atom. The van der Waals surface area contributed by atoms with E-state index in [4.69, 9.17) is 0 Å². The number of hydrogen-bond acceptors (Lipinski definition) is 2. The zero-order valence-corrected chi connectivity index (χ0v) is 10.3. The molecule has 2 aromatic rings. The fourth-order valence-electron chi connectivity index (χ4n) is 2.85. The van der Waals surface area contributed by atoms with Gasteiger partial charge in [-0.05, 0) is 72.6 Å². The average Bonchev–Trinajstić information content (AvgIpc) is 2.39. The number of rotatable bonds is 2. The molecule has 0 unspecified atom stereocenters. The number of nitrogens with zero attached hydrogens (tertiary/aromatic N) is 1. The van der Waals surface area contributed by atoms with Gasteiger partial charge in [0, 0.05) is 12.4 Å². The van der Waals surface area contributed by atoms with Gasteiger partial charge in [-0.15, -0.1) is 0 Å². The third-order valence-corrected chi connectivity index (χ3v) is 3.79. The normalized spacial score (nSPS) is 18.3. The number of benzene rings is 1. The van der Waals surface area contributed by atoms with E-state index in [9.17, 15) is 5.11 Å². The molecule has 1 aromatic carbocycles. The maximum Gasteiger partial charge on any atom is 0.115 e. The van der Waals surface area contributed by atoms with Crippen LogP contribution < -0.4 is 0 Å². The van der Waals surface area contributed by atoms with Gasteiger partial charge in [-0.3, -0.25) is 4.98 Å². The monoisotopic (exact) mass is 239 g/mol. The second-order valence-corrected chi connectivity index (χ2v) is 5.12. The van der Waals surface area contributed by atoms with E-state index in [1.165, 1.54) is 23.1 Å². The number of fused-ring (bicyclic) bond motifs is 1. The Bertz CT molecular complexity index is 536.